The summed E-state index contributed by atoms with van der Waals surface area (Å²) in [5.74, 6) is -0.732. The number of nitrogens with one attached hydrogen (secondary N) is 1. The summed E-state index contributed by atoms with van der Waals surface area (Å²) in [6, 6.07) is 14.6. The third-order valence-corrected chi connectivity index (χ3v) is 6.98. The molecule has 2 heterocycles. The van der Waals surface area contributed by atoms with E-state index in [4.69, 9.17) is 9.84 Å². The number of amides is 1. The van der Waals surface area contributed by atoms with Crippen molar-refractivity contribution in [2.45, 2.75) is 18.2 Å². The van der Waals surface area contributed by atoms with E-state index in [-0.39, 0.29) is 22.0 Å². The summed E-state index contributed by atoms with van der Waals surface area (Å²) in [5, 5.41) is 13.5. The minimum Gasteiger partial charge on any atom is -0.481 e. The number of carboxylic acids is 1. The van der Waals surface area contributed by atoms with Crippen LogP contribution in [-0.4, -0.2) is 41.6 Å². The molecule has 11 heteroatoms. The lowest BCUT2D eigenvalue weighted by molar-refractivity contribution is -0.136. The third-order valence-electron chi connectivity index (χ3n) is 5.04. The second-order valence-corrected chi connectivity index (χ2v) is 10.8. The molecule has 2 aromatic carbocycles. The Hall–Kier alpha value is -4.09. The van der Waals surface area contributed by atoms with Crippen LogP contribution < -0.4 is 10.1 Å². The Kier molecular flexibility index (Phi) is 7.13. The van der Waals surface area contributed by atoms with Crippen molar-refractivity contribution in [2.24, 2.45) is 0 Å². The van der Waals surface area contributed by atoms with E-state index in [1.807, 2.05) is 19.1 Å². The fraction of sp³-hybridized carbons (Fsp3) is 0.120. The molecule has 0 fully saturated rings. The van der Waals surface area contributed by atoms with E-state index in [0.29, 0.717) is 28.5 Å². The van der Waals surface area contributed by atoms with Gasteiger partial charge in [-0.25, -0.2) is 13.4 Å². The van der Waals surface area contributed by atoms with Gasteiger partial charge in [0.2, 0.25) is 0 Å². The molecule has 0 saturated carbocycles. The Morgan fingerprint density at radius 2 is 1.83 bits per heavy atom. The Labute approximate surface area is 211 Å². The predicted molar refractivity (Wildman–Crippen MR) is 135 cm³/mol. The van der Waals surface area contributed by atoms with Gasteiger partial charge in [0.05, 0.1) is 22.7 Å². The number of aliphatic carboxylic acids is 1. The predicted octanol–water partition coefficient (Wildman–Crippen LogP) is 4.59. The molecule has 2 aromatic heterocycles. The van der Waals surface area contributed by atoms with Gasteiger partial charge >= 0.3 is 5.97 Å². The van der Waals surface area contributed by atoms with Gasteiger partial charge in [0.15, 0.2) is 15.0 Å². The maximum Gasteiger partial charge on any atom is 0.309 e. The van der Waals surface area contributed by atoms with Crippen molar-refractivity contribution in [1.29, 1.82) is 0 Å². The highest BCUT2D eigenvalue weighted by Crippen LogP contribution is 2.31. The zero-order valence-corrected chi connectivity index (χ0v) is 20.9. The van der Waals surface area contributed by atoms with E-state index in [0.717, 1.165) is 23.2 Å². The zero-order valence-electron chi connectivity index (χ0n) is 19.3. The quantitative estimate of drug-likeness (QED) is 0.342. The van der Waals surface area contributed by atoms with Gasteiger partial charge in [-0.05, 0) is 61.0 Å². The van der Waals surface area contributed by atoms with Crippen molar-refractivity contribution in [3.63, 3.8) is 0 Å². The van der Waals surface area contributed by atoms with Gasteiger partial charge in [-0.15, -0.1) is 11.3 Å². The molecule has 0 bridgehead atoms. The summed E-state index contributed by atoms with van der Waals surface area (Å²) in [6.45, 7) is 1.90. The van der Waals surface area contributed by atoms with Crippen molar-refractivity contribution in [2.75, 3.05) is 11.6 Å². The Bertz CT molecular complexity index is 1550. The lowest BCUT2D eigenvalue weighted by Gasteiger charge is -2.12. The first kappa shape index (κ1) is 25.0. The third kappa shape index (κ3) is 6.12. The molecule has 0 atom stereocenters. The van der Waals surface area contributed by atoms with Crippen molar-refractivity contribution in [3.05, 3.63) is 83.0 Å². The van der Waals surface area contributed by atoms with Crippen LogP contribution in [0.25, 0.3) is 11.3 Å². The number of aryl methyl sites for hydroxylation is 1. The second-order valence-electron chi connectivity index (χ2n) is 7.93. The molecule has 0 radical (unpaired) electrons. The van der Waals surface area contributed by atoms with Crippen LogP contribution in [0.2, 0.25) is 0 Å². The number of aromatic nitrogens is 2. The van der Waals surface area contributed by atoms with Crippen molar-refractivity contribution in [1.82, 2.24) is 9.97 Å². The molecule has 0 saturated heterocycles. The van der Waals surface area contributed by atoms with E-state index in [9.17, 15) is 18.0 Å². The van der Waals surface area contributed by atoms with E-state index in [1.54, 1.807) is 29.8 Å². The van der Waals surface area contributed by atoms with Crippen LogP contribution >= 0.6 is 11.3 Å². The smallest absolute Gasteiger partial charge is 0.309 e. The van der Waals surface area contributed by atoms with Crippen molar-refractivity contribution < 1.29 is 27.9 Å². The molecule has 0 aliphatic carbocycles. The molecular weight excluding hydrogens is 502 g/mol. The van der Waals surface area contributed by atoms with Crippen LogP contribution in [0, 0.1) is 6.92 Å². The molecule has 4 rings (SSSR count). The van der Waals surface area contributed by atoms with Crippen LogP contribution in [0.5, 0.6) is 11.5 Å². The van der Waals surface area contributed by atoms with Crippen molar-refractivity contribution >= 4 is 38.2 Å². The first-order chi connectivity index (χ1) is 17.1. The summed E-state index contributed by atoms with van der Waals surface area (Å²) in [4.78, 5) is 32.7. The topological polar surface area (TPSA) is 136 Å². The number of anilines is 1. The molecule has 0 unspecified atom stereocenters. The van der Waals surface area contributed by atoms with Crippen molar-refractivity contribution in [3.8, 4) is 22.8 Å². The fourth-order valence-corrected chi connectivity index (χ4v) is 4.71. The molecule has 2 N–H and O–H groups in total. The normalized spacial score (nSPS) is 11.2. The number of carboxylic acid groups (broad SMARTS) is 1. The van der Waals surface area contributed by atoms with Crippen LogP contribution in [0.15, 0.2) is 71.1 Å². The van der Waals surface area contributed by atoms with Crippen LogP contribution in [0.3, 0.4) is 0 Å². The van der Waals surface area contributed by atoms with Crippen LogP contribution in [0.1, 0.15) is 21.6 Å². The molecule has 36 heavy (non-hydrogen) atoms. The SMILES string of the molecule is Cc1cccnc1-c1cc(Oc2ccc(S(C)(=O)=O)cc2)cc(C(=O)Nc2nc(CC(=O)O)cs2)c1. The Morgan fingerprint density at radius 1 is 1.08 bits per heavy atom. The van der Waals surface area contributed by atoms with Gasteiger partial charge in [-0.3, -0.25) is 19.9 Å². The summed E-state index contributed by atoms with van der Waals surface area (Å²) in [7, 11) is -3.35. The molecule has 0 aliphatic heterocycles. The van der Waals surface area contributed by atoms with E-state index in [2.05, 4.69) is 15.3 Å². The maximum absolute atomic E-state index is 13.1. The molecule has 1 amide bonds. The molecule has 9 nitrogen and oxygen atoms in total. The summed E-state index contributed by atoms with van der Waals surface area (Å²) in [6.07, 6.45) is 2.54. The minimum absolute atomic E-state index is 0.165. The summed E-state index contributed by atoms with van der Waals surface area (Å²) < 4.78 is 29.4. The van der Waals surface area contributed by atoms with Gasteiger partial charge in [0, 0.05) is 29.0 Å². The van der Waals surface area contributed by atoms with Crippen LogP contribution in [0.4, 0.5) is 5.13 Å². The molecule has 184 valence electrons. The molecule has 4 aromatic rings. The monoisotopic (exact) mass is 523 g/mol. The molecule has 0 aliphatic rings. The number of hydrogen-bond acceptors (Lipinski definition) is 8. The van der Waals surface area contributed by atoms with Gasteiger partial charge in [-0.2, -0.15) is 0 Å². The highest BCUT2D eigenvalue weighted by atomic mass is 32.2. The maximum atomic E-state index is 13.1. The average Bonchev–Trinajstić information content (AvgIpc) is 3.24. The first-order valence-electron chi connectivity index (χ1n) is 10.6. The minimum atomic E-state index is -3.35. The number of carbonyl (C=O) groups excluding carboxylic acids is 1. The lowest BCUT2D eigenvalue weighted by atomic mass is 10.0. The first-order valence-corrected chi connectivity index (χ1v) is 13.4. The second kappa shape index (κ2) is 10.3. The number of nitrogens with zero attached hydrogens (tertiary/aromatic N) is 2. The molecule has 0 spiro atoms. The number of sulfone groups is 1. The van der Waals surface area contributed by atoms with E-state index in [1.165, 1.54) is 24.3 Å². The lowest BCUT2D eigenvalue weighted by Crippen LogP contribution is -2.12. The number of ether oxygens (including phenoxy) is 1. The summed E-state index contributed by atoms with van der Waals surface area (Å²) in [5.41, 5.74) is 2.84. The van der Waals surface area contributed by atoms with E-state index >= 15 is 0 Å². The highest BCUT2D eigenvalue weighted by molar-refractivity contribution is 7.90. The summed E-state index contributed by atoms with van der Waals surface area (Å²) >= 11 is 1.13. The van der Waals surface area contributed by atoms with Crippen LogP contribution in [-0.2, 0) is 21.1 Å². The number of pyridine rings is 1. The van der Waals surface area contributed by atoms with Gasteiger partial charge in [0.25, 0.3) is 5.91 Å². The molecular formula is C25H21N3O6S2. The Morgan fingerprint density at radius 3 is 2.50 bits per heavy atom. The number of hydrogen-bond donors (Lipinski definition) is 2. The van der Waals surface area contributed by atoms with E-state index < -0.39 is 21.7 Å². The highest BCUT2D eigenvalue weighted by Gasteiger charge is 2.16. The number of benzene rings is 2. The Balaban J connectivity index is 1.67. The number of thiazole rings is 1. The van der Waals surface area contributed by atoms with Gasteiger partial charge < -0.3 is 9.84 Å². The van der Waals surface area contributed by atoms with Gasteiger partial charge in [-0.1, -0.05) is 6.07 Å². The number of rotatable bonds is 8. The average molecular weight is 524 g/mol. The number of carbonyl (C=O) groups is 2. The largest absolute Gasteiger partial charge is 0.481 e. The van der Waals surface area contributed by atoms with Gasteiger partial charge in [0.1, 0.15) is 11.5 Å². The zero-order chi connectivity index (χ0) is 25.9. The fourth-order valence-electron chi connectivity index (χ4n) is 3.37. The standard InChI is InChI=1S/C25H21N3O6S2/c1-15-4-3-9-26-23(15)16-10-17(24(31)28-25-27-18(14-35-25)13-22(29)30)12-20(11-16)34-19-5-7-21(8-6-19)36(2,32)33/h3-12,14H,13H2,1-2H3,(H,29,30)(H,27,28,31).